The molecule has 0 saturated heterocycles. The van der Waals surface area contributed by atoms with Crippen molar-refractivity contribution < 1.29 is 0 Å². The number of hydrogen-bond acceptors (Lipinski definition) is 4. The number of rotatable bonds is 6. The standard InChI is InChI=1S/C11H22N4/c1-9(10(2)12)11(13-3)15(6)8-7-14(4)5/h12H,3,7-8H2,1-2,4-6H3/b11-9+,12-10?. The molecule has 0 spiro atoms. The van der Waals surface area contributed by atoms with E-state index >= 15 is 0 Å². The molecular weight excluding hydrogens is 188 g/mol. The molecule has 15 heavy (non-hydrogen) atoms. The topological polar surface area (TPSA) is 42.7 Å². The maximum atomic E-state index is 7.56. The molecule has 0 bridgehead atoms. The SMILES string of the molecule is C=N/C(=C(/C)C(C)=N)N(C)CCN(C)C. The van der Waals surface area contributed by atoms with Crippen LogP contribution in [-0.2, 0) is 0 Å². The Balaban J connectivity index is 4.61. The molecule has 4 heteroatoms. The molecule has 0 fully saturated rings. The van der Waals surface area contributed by atoms with Gasteiger partial charge in [0.1, 0.15) is 5.82 Å². The van der Waals surface area contributed by atoms with Crippen LogP contribution in [0.4, 0.5) is 0 Å². The summed E-state index contributed by atoms with van der Waals surface area (Å²) in [7, 11) is 6.04. The molecule has 0 unspecified atom stereocenters. The molecule has 0 aliphatic rings. The number of nitrogens with zero attached hydrogens (tertiary/aromatic N) is 3. The van der Waals surface area contributed by atoms with Gasteiger partial charge >= 0.3 is 0 Å². The van der Waals surface area contributed by atoms with Crippen LogP contribution in [0.3, 0.4) is 0 Å². The third-order valence-corrected chi connectivity index (χ3v) is 2.29. The maximum absolute atomic E-state index is 7.56. The molecule has 0 aliphatic carbocycles. The summed E-state index contributed by atoms with van der Waals surface area (Å²) in [5.41, 5.74) is 1.42. The van der Waals surface area contributed by atoms with E-state index in [2.05, 4.69) is 16.6 Å². The van der Waals surface area contributed by atoms with Gasteiger partial charge in [0.2, 0.25) is 0 Å². The van der Waals surface area contributed by atoms with Crippen LogP contribution in [0.25, 0.3) is 0 Å². The molecule has 86 valence electrons. The first kappa shape index (κ1) is 13.8. The smallest absolute Gasteiger partial charge is 0.132 e. The fraction of sp³-hybridized carbons (Fsp3) is 0.636. The van der Waals surface area contributed by atoms with E-state index in [1.54, 1.807) is 6.92 Å². The Morgan fingerprint density at radius 1 is 1.20 bits per heavy atom. The second-order valence-electron chi connectivity index (χ2n) is 3.96. The molecule has 4 nitrogen and oxygen atoms in total. The van der Waals surface area contributed by atoms with E-state index < -0.39 is 0 Å². The minimum absolute atomic E-state index is 0.536. The van der Waals surface area contributed by atoms with Crippen molar-refractivity contribution in [1.82, 2.24) is 9.80 Å². The van der Waals surface area contributed by atoms with Crippen molar-refractivity contribution in [2.24, 2.45) is 4.99 Å². The van der Waals surface area contributed by atoms with Crippen LogP contribution in [0.5, 0.6) is 0 Å². The van der Waals surface area contributed by atoms with Crippen LogP contribution in [0.15, 0.2) is 16.4 Å². The third kappa shape index (κ3) is 4.74. The molecule has 0 heterocycles. The minimum atomic E-state index is 0.536. The number of nitrogens with one attached hydrogen (secondary N) is 1. The van der Waals surface area contributed by atoms with Gasteiger partial charge in [-0.05, 0) is 34.7 Å². The van der Waals surface area contributed by atoms with Crippen LogP contribution in [0.1, 0.15) is 13.8 Å². The van der Waals surface area contributed by atoms with Gasteiger partial charge in [-0.1, -0.05) is 0 Å². The van der Waals surface area contributed by atoms with E-state index in [1.807, 2.05) is 33.0 Å². The predicted octanol–water partition coefficient (Wildman–Crippen LogP) is 1.45. The first-order valence-corrected chi connectivity index (χ1v) is 4.99. The van der Waals surface area contributed by atoms with Crippen molar-refractivity contribution in [2.75, 3.05) is 34.2 Å². The number of aliphatic imine (C=N–C) groups is 1. The zero-order valence-corrected chi connectivity index (χ0v) is 10.5. The lowest BCUT2D eigenvalue weighted by molar-refractivity contribution is 0.323. The highest BCUT2D eigenvalue weighted by atomic mass is 15.2. The van der Waals surface area contributed by atoms with Gasteiger partial charge in [0.05, 0.1) is 0 Å². The summed E-state index contributed by atoms with van der Waals surface area (Å²) in [5.74, 6) is 0.796. The number of likely N-dealkylation sites (N-methyl/N-ethyl adjacent to an activating group) is 2. The van der Waals surface area contributed by atoms with Gasteiger partial charge in [-0.15, -0.1) is 0 Å². The minimum Gasteiger partial charge on any atom is -0.358 e. The molecule has 1 N–H and O–H groups in total. The zero-order chi connectivity index (χ0) is 12.0. The van der Waals surface area contributed by atoms with Gasteiger partial charge in [0.15, 0.2) is 0 Å². The summed E-state index contributed by atoms with van der Waals surface area (Å²) >= 11 is 0. The Labute approximate surface area is 92.8 Å². The summed E-state index contributed by atoms with van der Waals surface area (Å²) in [4.78, 5) is 8.13. The lowest BCUT2D eigenvalue weighted by atomic mass is 10.2. The van der Waals surface area contributed by atoms with Crippen molar-refractivity contribution in [3.8, 4) is 0 Å². The summed E-state index contributed by atoms with van der Waals surface area (Å²) < 4.78 is 0. The second-order valence-corrected chi connectivity index (χ2v) is 3.96. The van der Waals surface area contributed by atoms with Gasteiger partial charge in [-0.25, -0.2) is 4.99 Å². The van der Waals surface area contributed by atoms with Crippen LogP contribution in [0, 0.1) is 5.41 Å². The average Bonchev–Trinajstić information content (AvgIpc) is 2.15. The third-order valence-electron chi connectivity index (χ3n) is 2.29. The van der Waals surface area contributed by atoms with Crippen molar-refractivity contribution in [1.29, 1.82) is 5.41 Å². The maximum Gasteiger partial charge on any atom is 0.132 e. The molecule has 0 atom stereocenters. The van der Waals surface area contributed by atoms with Crippen LogP contribution in [-0.4, -0.2) is 56.5 Å². The van der Waals surface area contributed by atoms with Gasteiger partial charge in [-0.2, -0.15) is 0 Å². The zero-order valence-electron chi connectivity index (χ0n) is 10.5. The molecule has 0 saturated carbocycles. The lowest BCUT2D eigenvalue weighted by Crippen LogP contribution is -2.28. The van der Waals surface area contributed by atoms with Crippen molar-refractivity contribution in [3.05, 3.63) is 11.4 Å². The van der Waals surface area contributed by atoms with E-state index in [9.17, 15) is 0 Å². The Morgan fingerprint density at radius 2 is 1.73 bits per heavy atom. The molecular formula is C11H22N4. The van der Waals surface area contributed by atoms with E-state index in [0.717, 1.165) is 24.5 Å². The van der Waals surface area contributed by atoms with Crippen LogP contribution < -0.4 is 0 Å². The van der Waals surface area contributed by atoms with Crippen molar-refractivity contribution >= 4 is 12.4 Å². The molecule has 0 aromatic rings. The monoisotopic (exact) mass is 210 g/mol. The second kappa shape index (κ2) is 6.35. The van der Waals surface area contributed by atoms with Gasteiger partial charge < -0.3 is 15.2 Å². The molecule has 0 radical (unpaired) electrons. The summed E-state index contributed by atoms with van der Waals surface area (Å²) in [6, 6.07) is 0. The highest BCUT2D eigenvalue weighted by molar-refractivity contribution is 5.95. The normalized spacial score (nSPS) is 12.4. The Kier molecular flexibility index (Phi) is 5.86. The van der Waals surface area contributed by atoms with Gasteiger partial charge in [-0.3, -0.25) is 0 Å². The van der Waals surface area contributed by atoms with Crippen molar-refractivity contribution in [3.63, 3.8) is 0 Å². The molecule has 0 amide bonds. The summed E-state index contributed by atoms with van der Waals surface area (Å²) in [6.07, 6.45) is 0. The molecule has 0 rings (SSSR count). The molecule has 0 aromatic carbocycles. The number of hydrogen-bond donors (Lipinski definition) is 1. The van der Waals surface area contributed by atoms with Crippen LogP contribution in [0.2, 0.25) is 0 Å². The highest BCUT2D eigenvalue weighted by Gasteiger charge is 2.08. The first-order valence-electron chi connectivity index (χ1n) is 4.99. The molecule has 0 aliphatic heterocycles. The average molecular weight is 210 g/mol. The fourth-order valence-corrected chi connectivity index (χ4v) is 1.15. The lowest BCUT2D eigenvalue weighted by Gasteiger charge is -2.23. The van der Waals surface area contributed by atoms with Gasteiger partial charge in [0.25, 0.3) is 0 Å². The Bertz CT molecular complexity index is 266. The number of allylic oxidation sites excluding steroid dienone is 1. The Morgan fingerprint density at radius 3 is 2.07 bits per heavy atom. The largest absolute Gasteiger partial charge is 0.358 e. The summed E-state index contributed by atoms with van der Waals surface area (Å²) in [5, 5.41) is 7.56. The summed E-state index contributed by atoms with van der Waals surface area (Å²) in [6.45, 7) is 9.06. The fourth-order valence-electron chi connectivity index (χ4n) is 1.15. The first-order chi connectivity index (χ1) is 6.90. The van der Waals surface area contributed by atoms with E-state index in [1.165, 1.54) is 0 Å². The van der Waals surface area contributed by atoms with E-state index in [-0.39, 0.29) is 0 Å². The quantitative estimate of drug-likeness (QED) is 0.674. The predicted molar refractivity (Wildman–Crippen MR) is 66.8 cm³/mol. The van der Waals surface area contributed by atoms with Crippen molar-refractivity contribution in [2.45, 2.75) is 13.8 Å². The van der Waals surface area contributed by atoms with Crippen LogP contribution >= 0.6 is 0 Å². The van der Waals surface area contributed by atoms with E-state index in [0.29, 0.717) is 5.71 Å². The molecule has 0 aromatic heterocycles. The highest BCUT2D eigenvalue weighted by Crippen LogP contribution is 2.10. The Hall–Kier alpha value is -1.16. The van der Waals surface area contributed by atoms with Gasteiger partial charge in [0, 0.05) is 31.4 Å². The van der Waals surface area contributed by atoms with E-state index in [4.69, 9.17) is 5.41 Å².